The molecule has 3 fully saturated rings. The first-order chi connectivity index (χ1) is 15.9. The summed E-state index contributed by atoms with van der Waals surface area (Å²) in [6.45, 7) is 1.06. The predicted molar refractivity (Wildman–Crippen MR) is 132 cm³/mol. The summed E-state index contributed by atoms with van der Waals surface area (Å²) in [7, 11) is -3.42. The van der Waals surface area contributed by atoms with Gasteiger partial charge in [-0.25, -0.2) is 8.42 Å². The number of phenolic OH excluding ortho intramolecular Hbond substituents is 1. The molecule has 2 saturated carbocycles. The van der Waals surface area contributed by atoms with E-state index in [2.05, 4.69) is 21.4 Å². The van der Waals surface area contributed by atoms with Crippen molar-refractivity contribution in [3.05, 3.63) is 47.0 Å². The highest BCUT2D eigenvalue weighted by atomic mass is 32.2. The van der Waals surface area contributed by atoms with Crippen molar-refractivity contribution in [1.29, 1.82) is 0 Å². The molecule has 3 aliphatic carbocycles. The maximum atomic E-state index is 11.9. The number of aromatic hydroxyl groups is 1. The number of piperidine rings is 1. The summed E-state index contributed by atoms with van der Waals surface area (Å²) < 4.78 is 26.4. The van der Waals surface area contributed by atoms with Crippen molar-refractivity contribution in [2.45, 2.75) is 68.7 Å². The molecule has 0 amide bonds. The Labute approximate surface area is 196 Å². The Balaban J connectivity index is 1.48. The van der Waals surface area contributed by atoms with Gasteiger partial charge in [0.1, 0.15) is 5.75 Å². The average Bonchev–Trinajstić information content (AvgIpc) is 3.60. The van der Waals surface area contributed by atoms with E-state index in [1.807, 2.05) is 18.2 Å². The van der Waals surface area contributed by atoms with Crippen LogP contribution in [-0.2, 0) is 21.9 Å². The molecular formula is C26H33N3O3S. The first kappa shape index (κ1) is 21.3. The van der Waals surface area contributed by atoms with Gasteiger partial charge in [0.2, 0.25) is 10.0 Å². The van der Waals surface area contributed by atoms with Crippen LogP contribution < -0.4 is 15.4 Å². The number of hydrogen-bond donors (Lipinski definition) is 4. The van der Waals surface area contributed by atoms with Crippen LogP contribution in [0.1, 0.15) is 67.6 Å². The van der Waals surface area contributed by atoms with Crippen molar-refractivity contribution in [1.82, 2.24) is 5.32 Å². The van der Waals surface area contributed by atoms with Crippen LogP contribution in [0.2, 0.25) is 0 Å². The summed E-state index contributed by atoms with van der Waals surface area (Å²) in [5, 5.41) is 18.6. The highest BCUT2D eigenvalue weighted by Crippen LogP contribution is 2.59. The largest absolute Gasteiger partial charge is 0.506 e. The van der Waals surface area contributed by atoms with Crippen molar-refractivity contribution >= 4 is 27.1 Å². The van der Waals surface area contributed by atoms with E-state index >= 15 is 0 Å². The van der Waals surface area contributed by atoms with Crippen LogP contribution >= 0.6 is 0 Å². The molecule has 0 unspecified atom stereocenters. The van der Waals surface area contributed by atoms with Crippen molar-refractivity contribution < 1.29 is 13.5 Å². The fourth-order valence-electron chi connectivity index (χ4n) is 7.05. The summed E-state index contributed by atoms with van der Waals surface area (Å²) in [6, 6.07) is 9.85. The molecule has 176 valence electrons. The number of nitrogens with one attached hydrogen (secondary N) is 3. The lowest BCUT2D eigenvalue weighted by atomic mass is 9.52. The summed E-state index contributed by atoms with van der Waals surface area (Å²) >= 11 is 0. The van der Waals surface area contributed by atoms with Gasteiger partial charge in [-0.1, -0.05) is 25.0 Å². The summed E-state index contributed by atoms with van der Waals surface area (Å²) in [5.74, 6) is 1.42. The van der Waals surface area contributed by atoms with E-state index in [-0.39, 0.29) is 5.41 Å². The molecule has 1 aliphatic heterocycles. The van der Waals surface area contributed by atoms with E-state index in [0.29, 0.717) is 35.0 Å². The molecule has 7 heteroatoms. The molecule has 4 aliphatic rings. The first-order valence-corrected chi connectivity index (χ1v) is 14.2. The van der Waals surface area contributed by atoms with Crippen molar-refractivity contribution in [2.24, 2.45) is 5.92 Å². The van der Waals surface area contributed by atoms with Gasteiger partial charge in [0.05, 0.1) is 23.3 Å². The van der Waals surface area contributed by atoms with E-state index in [1.54, 1.807) is 6.07 Å². The second-order valence-electron chi connectivity index (χ2n) is 10.6. The third kappa shape index (κ3) is 3.60. The number of para-hydroxylation sites is 2. The molecule has 3 atom stereocenters. The minimum Gasteiger partial charge on any atom is -0.506 e. The van der Waals surface area contributed by atoms with Crippen LogP contribution in [0.15, 0.2) is 30.3 Å². The number of sulfonamides is 1. The molecule has 0 radical (unpaired) electrons. The summed E-state index contributed by atoms with van der Waals surface area (Å²) in [4.78, 5) is 0. The van der Waals surface area contributed by atoms with Crippen molar-refractivity contribution in [3.8, 4) is 5.75 Å². The lowest BCUT2D eigenvalue weighted by molar-refractivity contribution is 0.0793. The van der Waals surface area contributed by atoms with Crippen LogP contribution in [0.25, 0.3) is 0 Å². The molecular weight excluding hydrogens is 434 g/mol. The quantitative estimate of drug-likeness (QED) is 0.477. The zero-order valence-electron chi connectivity index (χ0n) is 19.2. The molecule has 0 spiro atoms. The molecule has 4 N–H and O–H groups in total. The fourth-order valence-corrected chi connectivity index (χ4v) is 7.63. The lowest BCUT2D eigenvalue weighted by Gasteiger charge is -2.56. The van der Waals surface area contributed by atoms with Crippen molar-refractivity contribution in [3.63, 3.8) is 0 Å². The number of rotatable bonds is 5. The third-order valence-corrected chi connectivity index (χ3v) is 9.04. The van der Waals surface area contributed by atoms with Gasteiger partial charge in [-0.3, -0.25) is 4.72 Å². The smallest absolute Gasteiger partial charge is 0.229 e. The Morgan fingerprint density at radius 2 is 1.88 bits per heavy atom. The lowest BCUT2D eigenvalue weighted by Crippen LogP contribution is -2.59. The van der Waals surface area contributed by atoms with Crippen LogP contribution in [0.5, 0.6) is 5.75 Å². The molecule has 2 bridgehead atoms. The van der Waals surface area contributed by atoms with Crippen molar-refractivity contribution in [2.75, 3.05) is 22.8 Å². The van der Waals surface area contributed by atoms with E-state index in [0.717, 1.165) is 44.2 Å². The number of benzene rings is 2. The predicted octanol–water partition coefficient (Wildman–Crippen LogP) is 4.73. The zero-order chi connectivity index (χ0) is 22.8. The molecule has 1 heterocycles. The molecule has 6 nitrogen and oxygen atoms in total. The van der Waals surface area contributed by atoms with Crippen LogP contribution in [-0.4, -0.2) is 32.4 Å². The van der Waals surface area contributed by atoms with Crippen LogP contribution in [0, 0.1) is 5.92 Å². The fraction of sp³-hybridized carbons (Fsp3) is 0.538. The number of hydrogen-bond acceptors (Lipinski definition) is 5. The third-order valence-electron chi connectivity index (χ3n) is 8.45. The number of anilines is 3. The van der Waals surface area contributed by atoms with Gasteiger partial charge < -0.3 is 15.7 Å². The topological polar surface area (TPSA) is 90.5 Å². The van der Waals surface area contributed by atoms with E-state index in [4.69, 9.17) is 0 Å². The van der Waals surface area contributed by atoms with Gasteiger partial charge in [-0.05, 0) is 91.8 Å². The van der Waals surface area contributed by atoms with Gasteiger partial charge in [0, 0.05) is 11.5 Å². The Bertz CT molecular complexity index is 1200. The average molecular weight is 468 g/mol. The zero-order valence-corrected chi connectivity index (χ0v) is 20.0. The standard InChI is InChI=1S/C26H33N3O3S/c1-33(31,32)29-21-8-3-2-7-20(21)28-25-23(30)15-19-17(24(25)16-9-10-16)14-22-18-6-4-5-11-26(18,19)12-13-27-22/h2-3,7-8,15-16,18,22,27-30H,4-6,9-14H2,1H3/t18-,22+,26+/m1/s1. The normalized spacial score (nSPS) is 28.5. The number of phenols is 1. The molecule has 33 heavy (non-hydrogen) atoms. The highest BCUT2D eigenvalue weighted by molar-refractivity contribution is 7.92. The minimum absolute atomic E-state index is 0.192. The monoisotopic (exact) mass is 467 g/mol. The molecule has 6 rings (SSSR count). The molecule has 0 aromatic heterocycles. The van der Waals surface area contributed by atoms with Gasteiger partial charge in [-0.15, -0.1) is 0 Å². The minimum atomic E-state index is -3.42. The second-order valence-corrected chi connectivity index (χ2v) is 12.3. The number of fused-ring (bicyclic) bond motifs is 1. The van der Waals surface area contributed by atoms with E-state index in [9.17, 15) is 13.5 Å². The Morgan fingerprint density at radius 1 is 1.09 bits per heavy atom. The second kappa shape index (κ2) is 7.64. The summed E-state index contributed by atoms with van der Waals surface area (Å²) in [6.07, 6.45) is 10.7. The maximum absolute atomic E-state index is 11.9. The Kier molecular flexibility index (Phi) is 4.93. The van der Waals surface area contributed by atoms with Crippen LogP contribution in [0.3, 0.4) is 0 Å². The first-order valence-electron chi connectivity index (χ1n) is 12.3. The summed E-state index contributed by atoms with van der Waals surface area (Å²) in [5.41, 5.74) is 6.18. The van der Waals surface area contributed by atoms with Crippen LogP contribution in [0.4, 0.5) is 17.1 Å². The highest BCUT2D eigenvalue weighted by Gasteiger charge is 2.53. The Hall–Kier alpha value is -2.25. The maximum Gasteiger partial charge on any atom is 0.229 e. The Morgan fingerprint density at radius 3 is 2.64 bits per heavy atom. The molecule has 1 saturated heterocycles. The molecule has 2 aromatic rings. The molecule has 2 aromatic carbocycles. The van der Waals surface area contributed by atoms with Gasteiger partial charge in [0.25, 0.3) is 0 Å². The van der Waals surface area contributed by atoms with Gasteiger partial charge in [-0.2, -0.15) is 0 Å². The van der Waals surface area contributed by atoms with E-state index < -0.39 is 10.0 Å². The SMILES string of the molecule is CS(=O)(=O)Nc1ccccc1Nc1c(O)cc2c(c1C1CC1)C[C@@H]1NCC[C@]23CCCC[C@H]13. The van der Waals surface area contributed by atoms with Gasteiger partial charge in [0.15, 0.2) is 0 Å². The van der Waals surface area contributed by atoms with E-state index in [1.165, 1.54) is 42.4 Å². The van der Waals surface area contributed by atoms with Gasteiger partial charge >= 0.3 is 0 Å².